The van der Waals surface area contributed by atoms with Crippen molar-refractivity contribution in [2.45, 2.75) is 31.7 Å². The highest BCUT2D eigenvalue weighted by Crippen LogP contribution is 2.38. The molecule has 19 heavy (non-hydrogen) atoms. The minimum atomic E-state index is 0.559. The average molecular weight is 273 g/mol. The van der Waals surface area contributed by atoms with Gasteiger partial charge in [-0.2, -0.15) is 0 Å². The van der Waals surface area contributed by atoms with E-state index in [2.05, 4.69) is 28.5 Å². The fraction of sp³-hybridized carbons (Fsp3) is 0.312. The number of pyridine rings is 1. The summed E-state index contributed by atoms with van der Waals surface area (Å²) in [4.78, 5) is 4.30. The number of nitrogens with zero attached hydrogens (tertiary/aromatic N) is 1. The predicted octanol–water partition coefficient (Wildman–Crippen LogP) is 4.40. The van der Waals surface area contributed by atoms with Gasteiger partial charge in [-0.25, -0.2) is 0 Å². The van der Waals surface area contributed by atoms with Crippen molar-refractivity contribution >= 4 is 17.3 Å². The Morgan fingerprint density at radius 1 is 1.16 bits per heavy atom. The van der Waals surface area contributed by atoms with Gasteiger partial charge in [-0.05, 0) is 55.5 Å². The lowest BCUT2D eigenvalue weighted by molar-refractivity contribution is 0.374. The molecule has 1 saturated carbocycles. The zero-order valence-electron chi connectivity index (χ0n) is 10.9. The minimum Gasteiger partial charge on any atom is -0.381 e. The van der Waals surface area contributed by atoms with Crippen LogP contribution in [0.25, 0.3) is 0 Å². The van der Waals surface area contributed by atoms with Gasteiger partial charge in [0.2, 0.25) is 0 Å². The highest BCUT2D eigenvalue weighted by molar-refractivity contribution is 6.30. The topological polar surface area (TPSA) is 24.9 Å². The van der Waals surface area contributed by atoms with Gasteiger partial charge in [0.05, 0.1) is 11.4 Å². The first-order valence-electron chi connectivity index (χ1n) is 6.66. The van der Waals surface area contributed by atoms with E-state index in [0.717, 1.165) is 16.4 Å². The predicted molar refractivity (Wildman–Crippen MR) is 79.8 cm³/mol. The number of hydrogen-bond donors (Lipinski definition) is 1. The van der Waals surface area contributed by atoms with Crippen LogP contribution in [0.5, 0.6) is 0 Å². The monoisotopic (exact) mass is 272 g/mol. The summed E-state index contributed by atoms with van der Waals surface area (Å²) in [7, 11) is 0. The molecule has 1 heterocycles. The first kappa shape index (κ1) is 12.5. The van der Waals surface area contributed by atoms with Gasteiger partial charge >= 0.3 is 0 Å². The summed E-state index contributed by atoms with van der Waals surface area (Å²) in [5, 5.41) is 4.38. The van der Waals surface area contributed by atoms with Gasteiger partial charge < -0.3 is 5.32 Å². The molecule has 1 aliphatic rings. The number of hydrogen-bond acceptors (Lipinski definition) is 2. The Morgan fingerprint density at radius 2 is 1.89 bits per heavy atom. The third-order valence-corrected chi connectivity index (χ3v) is 4.10. The molecule has 1 aliphatic carbocycles. The molecule has 2 nitrogen and oxygen atoms in total. The van der Waals surface area contributed by atoms with Crippen LogP contribution in [0.15, 0.2) is 42.6 Å². The van der Waals surface area contributed by atoms with Crippen molar-refractivity contribution in [3.05, 3.63) is 58.9 Å². The van der Waals surface area contributed by atoms with Crippen LogP contribution in [0.3, 0.4) is 0 Å². The van der Waals surface area contributed by atoms with Gasteiger partial charge in [-0.1, -0.05) is 23.7 Å². The van der Waals surface area contributed by atoms with Crippen molar-refractivity contribution in [1.29, 1.82) is 0 Å². The van der Waals surface area contributed by atoms with Crippen molar-refractivity contribution in [3.8, 4) is 0 Å². The maximum absolute atomic E-state index is 5.91. The molecular weight excluding hydrogens is 256 g/mol. The van der Waals surface area contributed by atoms with E-state index >= 15 is 0 Å². The number of nitrogens with one attached hydrogen (secondary N) is 1. The smallest absolute Gasteiger partial charge is 0.0603 e. The summed E-state index contributed by atoms with van der Waals surface area (Å²) in [5.74, 6) is 0.659. The molecule has 0 saturated heterocycles. The number of benzene rings is 1. The molecule has 0 bridgehead atoms. The molecule has 0 aliphatic heterocycles. The van der Waals surface area contributed by atoms with Crippen LogP contribution >= 0.6 is 11.6 Å². The lowest BCUT2D eigenvalue weighted by atomic mass is 9.76. The normalized spacial score (nSPS) is 21.8. The number of halogens is 1. The largest absolute Gasteiger partial charge is 0.381 e. The molecule has 0 atom stereocenters. The molecule has 3 heteroatoms. The maximum Gasteiger partial charge on any atom is 0.0603 e. The molecule has 0 radical (unpaired) electrons. The number of rotatable bonds is 3. The molecule has 98 valence electrons. The van der Waals surface area contributed by atoms with Crippen molar-refractivity contribution in [2.24, 2.45) is 0 Å². The van der Waals surface area contributed by atoms with E-state index in [9.17, 15) is 0 Å². The average Bonchev–Trinajstić information content (AvgIpc) is 2.37. The lowest BCUT2D eigenvalue weighted by Gasteiger charge is -2.37. The summed E-state index contributed by atoms with van der Waals surface area (Å²) in [6.45, 7) is 2.04. The minimum absolute atomic E-state index is 0.559. The Kier molecular flexibility index (Phi) is 3.43. The van der Waals surface area contributed by atoms with Gasteiger partial charge in [0, 0.05) is 17.3 Å². The molecule has 2 aromatic rings. The molecule has 0 amide bonds. The summed E-state index contributed by atoms with van der Waals surface area (Å²) < 4.78 is 0. The second kappa shape index (κ2) is 5.22. The van der Waals surface area contributed by atoms with Crippen LogP contribution in [0, 0.1) is 6.92 Å². The van der Waals surface area contributed by atoms with Gasteiger partial charge in [0.15, 0.2) is 0 Å². The highest BCUT2D eigenvalue weighted by atomic mass is 35.5. The van der Waals surface area contributed by atoms with Crippen molar-refractivity contribution in [1.82, 2.24) is 4.98 Å². The fourth-order valence-electron chi connectivity index (χ4n) is 2.60. The Balaban J connectivity index is 1.58. The number of aryl methyl sites for hydroxylation is 1. The quantitative estimate of drug-likeness (QED) is 0.896. The summed E-state index contributed by atoms with van der Waals surface area (Å²) >= 11 is 5.91. The molecule has 0 spiro atoms. The van der Waals surface area contributed by atoms with E-state index in [1.165, 1.54) is 18.4 Å². The van der Waals surface area contributed by atoms with Crippen LogP contribution in [0.4, 0.5) is 5.69 Å². The highest BCUT2D eigenvalue weighted by Gasteiger charge is 2.30. The summed E-state index contributed by atoms with van der Waals surface area (Å²) in [6.07, 6.45) is 4.18. The van der Waals surface area contributed by atoms with Crippen LogP contribution in [0.2, 0.25) is 5.02 Å². The third kappa shape index (κ3) is 2.74. The van der Waals surface area contributed by atoms with Gasteiger partial charge in [0.25, 0.3) is 0 Å². The van der Waals surface area contributed by atoms with Crippen molar-refractivity contribution in [2.75, 3.05) is 5.32 Å². The molecular formula is C16H17ClN2. The zero-order valence-corrected chi connectivity index (χ0v) is 11.7. The third-order valence-electron chi connectivity index (χ3n) is 3.85. The first-order valence-corrected chi connectivity index (χ1v) is 7.04. The molecule has 0 unspecified atom stereocenters. The van der Waals surface area contributed by atoms with Gasteiger partial charge in [-0.3, -0.25) is 4.98 Å². The molecule has 1 aromatic heterocycles. The molecule has 1 N–H and O–H groups in total. The zero-order chi connectivity index (χ0) is 13.2. The van der Waals surface area contributed by atoms with E-state index in [4.69, 9.17) is 11.6 Å². The van der Waals surface area contributed by atoms with Crippen molar-refractivity contribution in [3.63, 3.8) is 0 Å². The van der Waals surface area contributed by atoms with Crippen LogP contribution in [-0.2, 0) is 0 Å². The molecule has 1 aromatic carbocycles. The first-order chi connectivity index (χ1) is 9.22. The summed E-state index contributed by atoms with van der Waals surface area (Å²) in [5.41, 5.74) is 3.62. The lowest BCUT2D eigenvalue weighted by Crippen LogP contribution is -2.34. The molecule has 3 rings (SSSR count). The van der Waals surface area contributed by atoms with Crippen LogP contribution < -0.4 is 5.32 Å². The van der Waals surface area contributed by atoms with Crippen LogP contribution in [0.1, 0.15) is 30.0 Å². The van der Waals surface area contributed by atoms with Gasteiger partial charge in [-0.15, -0.1) is 0 Å². The summed E-state index contributed by atoms with van der Waals surface area (Å²) in [6, 6.07) is 12.9. The van der Waals surface area contributed by atoms with E-state index in [1.807, 2.05) is 31.3 Å². The Bertz CT molecular complexity index is 559. The second-order valence-corrected chi connectivity index (χ2v) is 5.63. The second-order valence-electron chi connectivity index (χ2n) is 5.20. The Morgan fingerprint density at radius 3 is 2.58 bits per heavy atom. The number of anilines is 1. The maximum atomic E-state index is 5.91. The Labute approximate surface area is 118 Å². The standard InChI is InChI=1S/C16H17ClN2/c1-11-16(3-2-8-18-11)19-15-9-13(10-15)12-4-6-14(17)7-5-12/h2-8,13,15,19H,9-10H2,1H3. The number of aromatic nitrogens is 1. The van der Waals surface area contributed by atoms with Crippen molar-refractivity contribution < 1.29 is 0 Å². The van der Waals surface area contributed by atoms with E-state index in [-0.39, 0.29) is 0 Å². The van der Waals surface area contributed by atoms with E-state index in [1.54, 1.807) is 0 Å². The SMILES string of the molecule is Cc1ncccc1NC1CC(c2ccc(Cl)cc2)C1. The fourth-order valence-corrected chi connectivity index (χ4v) is 2.73. The Hall–Kier alpha value is -1.54. The van der Waals surface area contributed by atoms with Crippen LogP contribution in [-0.4, -0.2) is 11.0 Å². The van der Waals surface area contributed by atoms with E-state index < -0.39 is 0 Å². The van der Waals surface area contributed by atoms with Gasteiger partial charge in [0.1, 0.15) is 0 Å². The molecule has 1 fully saturated rings. The van der Waals surface area contributed by atoms with E-state index in [0.29, 0.717) is 12.0 Å².